The number of Topliss-reactive ketones (excluding diaryl/α,β-unsaturated/α-hetero) is 1. The van der Waals surface area contributed by atoms with Crippen LogP contribution < -0.4 is 4.74 Å². The number of benzene rings is 1. The average Bonchev–Trinajstić information content (AvgIpc) is 2.71. The highest BCUT2D eigenvalue weighted by Crippen LogP contribution is 2.42. The summed E-state index contributed by atoms with van der Waals surface area (Å²) < 4.78 is 5.34. The SMILES string of the molecule is C=CC1CN2CC(C=C)C1C[C@H]2C(=O)c1ccnc2ccc(OC)cc12. The minimum atomic E-state index is -0.0794. The lowest BCUT2D eigenvalue weighted by molar-refractivity contribution is -0.00328. The number of methoxy groups -OCH3 is 1. The Hall–Kier alpha value is -2.46. The molecule has 4 heterocycles. The van der Waals surface area contributed by atoms with E-state index in [1.165, 1.54) is 0 Å². The summed E-state index contributed by atoms with van der Waals surface area (Å²) in [6, 6.07) is 7.44. The second-order valence-electron chi connectivity index (χ2n) is 7.27. The third-order valence-corrected chi connectivity index (χ3v) is 6.05. The van der Waals surface area contributed by atoms with Gasteiger partial charge < -0.3 is 4.74 Å². The van der Waals surface area contributed by atoms with Crippen LogP contribution in [0.5, 0.6) is 5.75 Å². The second kappa shape index (κ2) is 6.69. The number of carbonyl (C=O) groups is 1. The quantitative estimate of drug-likeness (QED) is 0.610. The van der Waals surface area contributed by atoms with Crippen LogP contribution in [0, 0.1) is 17.8 Å². The molecule has 2 bridgehead atoms. The van der Waals surface area contributed by atoms with Crippen molar-refractivity contribution < 1.29 is 9.53 Å². The monoisotopic (exact) mass is 348 g/mol. The molecule has 134 valence electrons. The van der Waals surface area contributed by atoms with Gasteiger partial charge in [-0.25, -0.2) is 0 Å². The van der Waals surface area contributed by atoms with Gasteiger partial charge in [-0.15, -0.1) is 13.2 Å². The summed E-state index contributed by atoms with van der Waals surface area (Å²) in [5.41, 5.74) is 1.55. The molecule has 2 aromatic rings. The average molecular weight is 348 g/mol. The summed E-state index contributed by atoms with van der Waals surface area (Å²) in [4.78, 5) is 20.1. The van der Waals surface area contributed by atoms with E-state index in [1.54, 1.807) is 13.3 Å². The van der Waals surface area contributed by atoms with E-state index >= 15 is 0 Å². The van der Waals surface area contributed by atoms with Crippen LogP contribution in [-0.4, -0.2) is 41.9 Å². The first kappa shape index (κ1) is 17.0. The van der Waals surface area contributed by atoms with Crippen LogP contribution in [-0.2, 0) is 0 Å². The third kappa shape index (κ3) is 2.65. The molecule has 3 fully saturated rings. The van der Waals surface area contributed by atoms with Crippen LogP contribution in [0.3, 0.4) is 0 Å². The number of ether oxygens (including phenoxy) is 1. The van der Waals surface area contributed by atoms with Gasteiger partial charge in [-0.3, -0.25) is 14.7 Å². The molecule has 0 amide bonds. The fourth-order valence-corrected chi connectivity index (χ4v) is 4.63. The van der Waals surface area contributed by atoms with E-state index < -0.39 is 0 Å². The number of piperidine rings is 3. The van der Waals surface area contributed by atoms with E-state index in [2.05, 4.69) is 23.0 Å². The molecule has 0 saturated carbocycles. The minimum Gasteiger partial charge on any atom is -0.497 e. The number of aromatic nitrogens is 1. The highest BCUT2D eigenvalue weighted by Gasteiger charge is 2.46. The molecule has 26 heavy (non-hydrogen) atoms. The van der Waals surface area contributed by atoms with Crippen LogP contribution in [0.4, 0.5) is 0 Å². The summed E-state index contributed by atoms with van der Waals surface area (Å²) in [7, 11) is 1.63. The predicted octanol–water partition coefficient (Wildman–Crippen LogP) is 3.73. The van der Waals surface area contributed by atoms with Gasteiger partial charge >= 0.3 is 0 Å². The maximum absolute atomic E-state index is 13.4. The third-order valence-electron chi connectivity index (χ3n) is 6.05. The number of rotatable bonds is 5. The van der Waals surface area contributed by atoms with Crippen molar-refractivity contribution in [3.05, 3.63) is 61.3 Å². The molecule has 5 rings (SSSR count). The number of carbonyl (C=O) groups excluding carboxylic acids is 1. The molecular formula is C22H24N2O2. The molecule has 1 aromatic carbocycles. The zero-order chi connectivity index (χ0) is 18.3. The minimum absolute atomic E-state index is 0.0794. The Morgan fingerprint density at radius 3 is 2.58 bits per heavy atom. The Bertz CT molecular complexity index is 858. The molecule has 3 aliphatic heterocycles. The number of hydrogen-bond donors (Lipinski definition) is 0. The summed E-state index contributed by atoms with van der Waals surface area (Å²) in [6.45, 7) is 9.79. The van der Waals surface area contributed by atoms with Crippen LogP contribution in [0.15, 0.2) is 55.8 Å². The summed E-state index contributed by atoms with van der Waals surface area (Å²) in [5, 5.41) is 0.861. The van der Waals surface area contributed by atoms with Gasteiger partial charge in [0.15, 0.2) is 5.78 Å². The zero-order valence-corrected chi connectivity index (χ0v) is 15.1. The molecule has 3 aliphatic rings. The fourth-order valence-electron chi connectivity index (χ4n) is 4.63. The van der Waals surface area contributed by atoms with E-state index in [4.69, 9.17) is 4.74 Å². The summed E-state index contributed by atoms with van der Waals surface area (Å²) in [5.74, 6) is 2.24. The first-order chi connectivity index (χ1) is 12.7. The van der Waals surface area contributed by atoms with Gasteiger partial charge in [0.25, 0.3) is 0 Å². The molecule has 3 saturated heterocycles. The zero-order valence-electron chi connectivity index (χ0n) is 15.1. The van der Waals surface area contributed by atoms with E-state index in [0.717, 1.165) is 41.7 Å². The van der Waals surface area contributed by atoms with Gasteiger partial charge in [-0.2, -0.15) is 0 Å². The van der Waals surface area contributed by atoms with Crippen molar-refractivity contribution in [2.75, 3.05) is 20.2 Å². The van der Waals surface area contributed by atoms with E-state index in [9.17, 15) is 4.79 Å². The molecule has 0 N–H and O–H groups in total. The number of nitrogens with zero attached hydrogens (tertiary/aromatic N) is 2. The largest absolute Gasteiger partial charge is 0.497 e. The van der Waals surface area contributed by atoms with Gasteiger partial charge in [-0.05, 0) is 48.4 Å². The first-order valence-corrected chi connectivity index (χ1v) is 9.12. The summed E-state index contributed by atoms with van der Waals surface area (Å²) in [6.07, 6.45) is 6.67. The standard InChI is InChI=1S/C22H24N2O2/c1-4-14-12-24-13-15(5-2)18(14)11-21(24)22(25)17-8-9-23-20-7-6-16(26-3)10-19(17)20/h4-10,14-15,18,21H,1-2,11-13H2,3H3/t14?,15?,18?,21-/m0/s1. The molecule has 0 spiro atoms. The van der Waals surface area contributed by atoms with Crippen molar-refractivity contribution in [3.63, 3.8) is 0 Å². The smallest absolute Gasteiger partial charge is 0.180 e. The van der Waals surface area contributed by atoms with Gasteiger partial charge in [0, 0.05) is 30.2 Å². The van der Waals surface area contributed by atoms with Crippen LogP contribution in [0.25, 0.3) is 10.9 Å². The van der Waals surface area contributed by atoms with Gasteiger partial charge in [0.1, 0.15) is 5.75 Å². The second-order valence-corrected chi connectivity index (χ2v) is 7.27. The van der Waals surface area contributed by atoms with Crippen molar-refractivity contribution in [1.29, 1.82) is 0 Å². The van der Waals surface area contributed by atoms with Gasteiger partial charge in [0.05, 0.1) is 18.7 Å². The lowest BCUT2D eigenvalue weighted by Gasteiger charge is -2.52. The molecule has 3 atom stereocenters. The van der Waals surface area contributed by atoms with Crippen LogP contribution in [0.2, 0.25) is 0 Å². The first-order valence-electron chi connectivity index (χ1n) is 9.12. The van der Waals surface area contributed by atoms with E-state index in [0.29, 0.717) is 17.8 Å². The maximum Gasteiger partial charge on any atom is 0.180 e. The molecule has 2 unspecified atom stereocenters. The molecular weight excluding hydrogens is 324 g/mol. The normalized spacial score (nSPS) is 30.1. The highest BCUT2D eigenvalue weighted by atomic mass is 16.5. The molecule has 0 aliphatic carbocycles. The number of fused-ring (bicyclic) bond motifs is 4. The van der Waals surface area contributed by atoms with Crippen molar-refractivity contribution in [2.45, 2.75) is 12.5 Å². The Morgan fingerprint density at radius 2 is 1.96 bits per heavy atom. The van der Waals surface area contributed by atoms with E-state index in [-0.39, 0.29) is 11.8 Å². The molecule has 4 heteroatoms. The van der Waals surface area contributed by atoms with Crippen LogP contribution >= 0.6 is 0 Å². The lowest BCUT2D eigenvalue weighted by Crippen LogP contribution is -2.59. The number of hydrogen-bond acceptors (Lipinski definition) is 4. The van der Waals surface area contributed by atoms with Crippen molar-refractivity contribution in [3.8, 4) is 5.75 Å². The molecule has 1 aromatic heterocycles. The maximum atomic E-state index is 13.4. The van der Waals surface area contributed by atoms with Crippen molar-refractivity contribution in [2.24, 2.45) is 17.8 Å². The Morgan fingerprint density at radius 1 is 1.23 bits per heavy atom. The molecule has 0 radical (unpaired) electrons. The molecule has 4 nitrogen and oxygen atoms in total. The Kier molecular flexibility index (Phi) is 4.37. The van der Waals surface area contributed by atoms with Crippen LogP contribution in [0.1, 0.15) is 16.8 Å². The Balaban J connectivity index is 1.70. The van der Waals surface area contributed by atoms with Crippen molar-refractivity contribution in [1.82, 2.24) is 9.88 Å². The summed E-state index contributed by atoms with van der Waals surface area (Å²) >= 11 is 0. The van der Waals surface area contributed by atoms with Gasteiger partial charge in [-0.1, -0.05) is 12.2 Å². The van der Waals surface area contributed by atoms with E-state index in [1.807, 2.05) is 36.4 Å². The number of pyridine rings is 1. The lowest BCUT2D eigenvalue weighted by atomic mass is 9.68. The Labute approximate surface area is 154 Å². The number of ketones is 1. The van der Waals surface area contributed by atoms with Crippen molar-refractivity contribution >= 4 is 16.7 Å². The topological polar surface area (TPSA) is 42.4 Å². The fraction of sp³-hybridized carbons (Fsp3) is 0.364. The van der Waals surface area contributed by atoms with Gasteiger partial charge in [0.2, 0.25) is 0 Å². The predicted molar refractivity (Wildman–Crippen MR) is 103 cm³/mol. The highest BCUT2D eigenvalue weighted by molar-refractivity contribution is 6.10.